The van der Waals surface area contributed by atoms with Crippen molar-refractivity contribution in [3.8, 4) is 0 Å². The molecule has 0 unspecified atom stereocenters. The number of benzene rings is 1. The molecule has 1 aromatic heterocycles. The van der Waals surface area contributed by atoms with E-state index in [-0.39, 0.29) is 0 Å². The van der Waals surface area contributed by atoms with E-state index >= 15 is 0 Å². The van der Waals surface area contributed by atoms with E-state index in [2.05, 4.69) is 44.0 Å². The number of nitrogens with one attached hydrogen (secondary N) is 1. The molecule has 1 nitrogen and oxygen atoms in total. The smallest absolute Gasteiger partial charge is 0.0461 e. The molecule has 0 radical (unpaired) electrons. The maximum Gasteiger partial charge on any atom is 0.0461 e. The molecule has 0 aliphatic rings. The molecule has 82 valence electrons. The van der Waals surface area contributed by atoms with E-state index in [1.807, 2.05) is 13.8 Å². The van der Waals surface area contributed by atoms with Crippen LogP contribution in [-0.2, 0) is 6.42 Å². The van der Waals surface area contributed by atoms with Crippen LogP contribution in [0.5, 0.6) is 0 Å². The van der Waals surface area contributed by atoms with Gasteiger partial charge in [0.2, 0.25) is 0 Å². The number of aromatic nitrogens is 1. The Morgan fingerprint density at radius 2 is 1.80 bits per heavy atom. The highest BCUT2D eigenvalue weighted by atomic mass is 14.7. The van der Waals surface area contributed by atoms with Crippen LogP contribution < -0.4 is 0 Å². The van der Waals surface area contributed by atoms with Crippen LogP contribution in [0.2, 0.25) is 0 Å². The molecular formula is C14H21N. The average Bonchev–Trinajstić information content (AvgIpc) is 2.57. The molecule has 0 saturated heterocycles. The highest BCUT2D eigenvalue weighted by molar-refractivity contribution is 5.84. The van der Waals surface area contributed by atoms with Gasteiger partial charge in [0.05, 0.1) is 0 Å². The summed E-state index contributed by atoms with van der Waals surface area (Å²) >= 11 is 0. The lowest BCUT2D eigenvalue weighted by molar-refractivity contribution is 1.14. The van der Waals surface area contributed by atoms with Gasteiger partial charge in [0, 0.05) is 16.6 Å². The van der Waals surface area contributed by atoms with Gasteiger partial charge in [-0.05, 0) is 37.5 Å². The number of aromatic amines is 1. The van der Waals surface area contributed by atoms with Gasteiger partial charge in [0.25, 0.3) is 0 Å². The Morgan fingerprint density at radius 3 is 2.40 bits per heavy atom. The quantitative estimate of drug-likeness (QED) is 0.708. The van der Waals surface area contributed by atoms with E-state index in [0.717, 1.165) is 6.42 Å². The van der Waals surface area contributed by atoms with Crippen LogP contribution in [0.3, 0.4) is 0 Å². The highest BCUT2D eigenvalue weighted by Gasteiger charge is 2.03. The summed E-state index contributed by atoms with van der Waals surface area (Å²) in [6, 6.07) is 6.67. The van der Waals surface area contributed by atoms with E-state index in [0.29, 0.717) is 0 Å². The fourth-order valence-electron chi connectivity index (χ4n) is 1.74. The van der Waals surface area contributed by atoms with Gasteiger partial charge in [-0.2, -0.15) is 0 Å². The zero-order chi connectivity index (χ0) is 11.4. The summed E-state index contributed by atoms with van der Waals surface area (Å²) in [7, 11) is 0. The van der Waals surface area contributed by atoms with Crippen molar-refractivity contribution >= 4 is 10.9 Å². The van der Waals surface area contributed by atoms with Crippen molar-refractivity contribution in [2.45, 2.75) is 41.0 Å². The lowest BCUT2D eigenvalue weighted by atomic mass is 10.1. The summed E-state index contributed by atoms with van der Waals surface area (Å²) in [4.78, 5) is 3.40. The van der Waals surface area contributed by atoms with Gasteiger partial charge in [0.1, 0.15) is 0 Å². The molecule has 2 rings (SSSR count). The van der Waals surface area contributed by atoms with Crippen molar-refractivity contribution < 1.29 is 0 Å². The normalized spacial score (nSPS) is 9.93. The first-order valence-corrected chi connectivity index (χ1v) is 5.80. The van der Waals surface area contributed by atoms with E-state index in [1.165, 1.54) is 27.7 Å². The minimum absolute atomic E-state index is 1.10. The number of fused-ring (bicyclic) bond motifs is 1. The predicted octanol–water partition coefficient (Wildman–Crippen LogP) is 4.37. The topological polar surface area (TPSA) is 15.8 Å². The monoisotopic (exact) mass is 203 g/mol. The van der Waals surface area contributed by atoms with Crippen LogP contribution in [0.15, 0.2) is 18.2 Å². The number of rotatable bonds is 1. The Balaban J connectivity index is 0.000000531. The van der Waals surface area contributed by atoms with Crippen molar-refractivity contribution in [3.05, 3.63) is 35.0 Å². The average molecular weight is 203 g/mol. The van der Waals surface area contributed by atoms with Gasteiger partial charge in [0.15, 0.2) is 0 Å². The molecule has 1 aromatic carbocycles. The van der Waals surface area contributed by atoms with Gasteiger partial charge in [-0.1, -0.05) is 32.9 Å². The first-order chi connectivity index (χ1) is 7.22. The SMILES string of the molecule is CC.CCc1ccc2c(C)c(C)[nH]c2c1. The third-order valence-electron chi connectivity index (χ3n) is 2.78. The Kier molecular flexibility index (Phi) is 3.96. The van der Waals surface area contributed by atoms with Crippen molar-refractivity contribution in [1.82, 2.24) is 4.98 Å². The van der Waals surface area contributed by atoms with Crippen LogP contribution in [0, 0.1) is 13.8 Å². The third-order valence-corrected chi connectivity index (χ3v) is 2.78. The van der Waals surface area contributed by atoms with Crippen LogP contribution in [0.4, 0.5) is 0 Å². The summed E-state index contributed by atoms with van der Waals surface area (Å²) in [5.74, 6) is 0. The van der Waals surface area contributed by atoms with Crippen LogP contribution >= 0.6 is 0 Å². The molecule has 1 heteroatoms. The molecule has 15 heavy (non-hydrogen) atoms. The second kappa shape index (κ2) is 5.01. The van der Waals surface area contributed by atoms with Gasteiger partial charge in [-0.25, -0.2) is 0 Å². The van der Waals surface area contributed by atoms with Crippen LogP contribution in [0.1, 0.15) is 37.6 Å². The lowest BCUT2D eigenvalue weighted by Crippen LogP contribution is -1.78. The zero-order valence-corrected chi connectivity index (χ0v) is 10.4. The molecular weight excluding hydrogens is 182 g/mol. The molecule has 0 aliphatic heterocycles. The molecule has 2 aromatic rings. The first kappa shape index (κ1) is 11.8. The number of H-pyrrole nitrogens is 1. The summed E-state index contributed by atoms with van der Waals surface area (Å²) < 4.78 is 0. The Bertz CT molecular complexity index is 438. The number of hydrogen-bond donors (Lipinski definition) is 1. The van der Waals surface area contributed by atoms with Crippen molar-refractivity contribution in [2.75, 3.05) is 0 Å². The fraction of sp³-hybridized carbons (Fsp3) is 0.429. The zero-order valence-electron chi connectivity index (χ0n) is 10.4. The molecule has 1 N–H and O–H groups in total. The third kappa shape index (κ3) is 2.23. The largest absolute Gasteiger partial charge is 0.358 e. The van der Waals surface area contributed by atoms with Gasteiger partial charge in [-0.15, -0.1) is 0 Å². The maximum absolute atomic E-state index is 3.40. The second-order valence-corrected chi connectivity index (χ2v) is 3.61. The van der Waals surface area contributed by atoms with E-state index < -0.39 is 0 Å². The van der Waals surface area contributed by atoms with Crippen molar-refractivity contribution in [2.24, 2.45) is 0 Å². The van der Waals surface area contributed by atoms with Crippen molar-refractivity contribution in [1.29, 1.82) is 0 Å². The molecule has 0 saturated carbocycles. The summed E-state index contributed by atoms with van der Waals surface area (Å²) in [5, 5.41) is 1.36. The lowest BCUT2D eigenvalue weighted by Gasteiger charge is -1.96. The van der Waals surface area contributed by atoms with Crippen LogP contribution in [0.25, 0.3) is 10.9 Å². The molecule has 0 atom stereocenters. The van der Waals surface area contributed by atoms with Gasteiger partial charge < -0.3 is 4.98 Å². The molecule has 0 aliphatic carbocycles. The Labute approximate surface area is 92.5 Å². The Hall–Kier alpha value is -1.24. The number of hydrogen-bond acceptors (Lipinski definition) is 0. The molecule has 0 spiro atoms. The second-order valence-electron chi connectivity index (χ2n) is 3.61. The summed E-state index contributed by atoms with van der Waals surface area (Å²) in [5.41, 5.74) is 5.32. The standard InChI is InChI=1S/C12H15N.C2H6/c1-4-10-5-6-11-8(2)9(3)13-12(11)7-10;1-2/h5-7,13H,4H2,1-3H3;1-2H3. The Morgan fingerprint density at radius 1 is 1.13 bits per heavy atom. The first-order valence-electron chi connectivity index (χ1n) is 5.80. The molecule has 1 heterocycles. The van der Waals surface area contributed by atoms with E-state index in [9.17, 15) is 0 Å². The predicted molar refractivity (Wildman–Crippen MR) is 68.5 cm³/mol. The van der Waals surface area contributed by atoms with Crippen LogP contribution in [-0.4, -0.2) is 4.98 Å². The molecule has 0 fully saturated rings. The molecule has 0 bridgehead atoms. The van der Waals surface area contributed by atoms with E-state index in [1.54, 1.807) is 0 Å². The summed E-state index contributed by atoms with van der Waals surface area (Å²) in [6.45, 7) is 10.5. The maximum atomic E-state index is 3.40. The minimum Gasteiger partial charge on any atom is -0.358 e. The van der Waals surface area contributed by atoms with Gasteiger partial charge in [-0.3, -0.25) is 0 Å². The fourth-order valence-corrected chi connectivity index (χ4v) is 1.74. The summed E-state index contributed by atoms with van der Waals surface area (Å²) in [6.07, 6.45) is 1.10. The number of aryl methyl sites for hydroxylation is 3. The highest BCUT2D eigenvalue weighted by Crippen LogP contribution is 2.22. The van der Waals surface area contributed by atoms with Gasteiger partial charge >= 0.3 is 0 Å². The molecule has 0 amide bonds. The van der Waals surface area contributed by atoms with E-state index in [4.69, 9.17) is 0 Å². The van der Waals surface area contributed by atoms with Crippen molar-refractivity contribution in [3.63, 3.8) is 0 Å². The minimum atomic E-state index is 1.10.